The number of carbonyl (C=O) groups is 2. The lowest BCUT2D eigenvalue weighted by molar-refractivity contribution is -0.131. The number of imidazole rings is 1. The van der Waals surface area contributed by atoms with Crippen LogP contribution in [0.25, 0.3) is 39.3 Å². The molecule has 0 atom stereocenters. The lowest BCUT2D eigenvalue weighted by atomic mass is 9.75. The number of hydrogen-bond acceptors (Lipinski definition) is 5. The Kier molecular flexibility index (Phi) is 6.67. The minimum absolute atomic E-state index is 0.119. The highest BCUT2D eigenvalue weighted by Crippen LogP contribution is 2.47. The number of benzene rings is 3. The lowest BCUT2D eigenvalue weighted by Crippen LogP contribution is -2.52. The Morgan fingerprint density at radius 2 is 1.74 bits per heavy atom. The van der Waals surface area contributed by atoms with Gasteiger partial charge in [-0.05, 0) is 97.7 Å². The quantitative estimate of drug-likeness (QED) is 0.190. The van der Waals surface area contributed by atoms with Crippen LogP contribution in [-0.4, -0.2) is 37.9 Å². The van der Waals surface area contributed by atoms with Crippen molar-refractivity contribution in [3.05, 3.63) is 83.2 Å². The number of carboxylic acids is 1. The third kappa shape index (κ3) is 4.56. The highest BCUT2D eigenvalue weighted by Gasteiger charge is 2.44. The van der Waals surface area contributed by atoms with Crippen molar-refractivity contribution in [2.24, 2.45) is 14.1 Å². The third-order valence-corrected chi connectivity index (χ3v) is 10.2. The van der Waals surface area contributed by atoms with E-state index in [0.29, 0.717) is 11.5 Å². The number of carboxylic acid groups (broad SMARTS) is 1. The Bertz CT molecular complexity index is 2080. The van der Waals surface area contributed by atoms with E-state index in [1.165, 1.54) is 29.5 Å². The van der Waals surface area contributed by atoms with Crippen molar-refractivity contribution >= 4 is 39.9 Å². The van der Waals surface area contributed by atoms with E-state index >= 15 is 0 Å². The van der Waals surface area contributed by atoms with Crippen LogP contribution in [0.3, 0.4) is 0 Å². The first-order valence-electron chi connectivity index (χ1n) is 16.0. The fourth-order valence-corrected chi connectivity index (χ4v) is 7.76. The zero-order chi connectivity index (χ0) is 31.6. The summed E-state index contributed by atoms with van der Waals surface area (Å²) in [7, 11) is 4.05. The molecule has 9 nitrogen and oxygen atoms in total. The molecule has 5 aromatic rings. The first-order valence-corrected chi connectivity index (χ1v) is 16.0. The molecule has 46 heavy (non-hydrogen) atoms. The van der Waals surface area contributed by atoms with E-state index in [-0.39, 0.29) is 12.7 Å². The van der Waals surface area contributed by atoms with Crippen LogP contribution < -0.4 is 14.8 Å². The number of aryl methyl sites for hydroxylation is 2. The average Bonchev–Trinajstić information content (AvgIpc) is 3.84. The molecule has 2 saturated carbocycles. The molecule has 234 valence electrons. The summed E-state index contributed by atoms with van der Waals surface area (Å²) in [5.41, 5.74) is 7.19. The normalized spacial score (nSPS) is 17.3. The van der Waals surface area contributed by atoms with Gasteiger partial charge in [0.15, 0.2) is 11.5 Å². The molecule has 3 aromatic carbocycles. The second-order valence-corrected chi connectivity index (χ2v) is 12.9. The van der Waals surface area contributed by atoms with Gasteiger partial charge in [-0.15, -0.1) is 0 Å². The van der Waals surface area contributed by atoms with Gasteiger partial charge in [0.05, 0.1) is 22.3 Å². The number of carbonyl (C=O) groups excluding carboxylic acids is 1. The summed E-state index contributed by atoms with van der Waals surface area (Å²) < 4.78 is 15.6. The lowest BCUT2D eigenvalue weighted by Gasteiger charge is -2.41. The smallest absolute Gasteiger partial charge is 0.328 e. The maximum atomic E-state index is 14.0. The predicted molar refractivity (Wildman–Crippen MR) is 176 cm³/mol. The summed E-state index contributed by atoms with van der Waals surface area (Å²) in [5, 5.41) is 13.6. The van der Waals surface area contributed by atoms with E-state index in [2.05, 4.69) is 35.1 Å². The summed E-state index contributed by atoms with van der Waals surface area (Å²) in [4.78, 5) is 30.0. The average molecular weight is 617 g/mol. The summed E-state index contributed by atoms with van der Waals surface area (Å²) >= 11 is 0. The van der Waals surface area contributed by atoms with E-state index in [1.54, 1.807) is 6.08 Å². The Morgan fingerprint density at radius 3 is 2.50 bits per heavy atom. The SMILES string of the molecule is Cn1c(C2(NC(=O)c3ccc4c(C5CCCC5)c(-c5ccc6c(c5)OCO6)n(C)c4c3)CCC2)nc2ccc(C=CC(=O)O)cc21. The van der Waals surface area contributed by atoms with E-state index in [9.17, 15) is 9.59 Å². The fourth-order valence-electron chi connectivity index (χ4n) is 7.76. The Labute approximate surface area is 266 Å². The van der Waals surface area contributed by atoms with E-state index in [4.69, 9.17) is 19.6 Å². The standard InChI is InChI=1S/C37H36N4O5/c1-40-28-19-25(10-12-26(28)33(23-6-3-4-7-23)34(40)24-11-14-30-31(20-24)46-21-45-30)35(44)39-37(16-5-17-37)36-38-27-13-8-22(9-15-32(42)43)18-29(27)41(36)2/h8-15,18-20,23H,3-7,16-17,21H2,1-2H3,(H,39,44)(H,42,43). The number of hydrogen-bond donors (Lipinski definition) is 2. The highest BCUT2D eigenvalue weighted by molar-refractivity contribution is 6.01. The van der Waals surface area contributed by atoms with Crippen LogP contribution in [-0.2, 0) is 24.4 Å². The molecule has 8 rings (SSSR count). The van der Waals surface area contributed by atoms with Crippen molar-refractivity contribution in [3.63, 3.8) is 0 Å². The molecule has 3 aliphatic rings. The highest BCUT2D eigenvalue weighted by atomic mass is 16.7. The van der Waals surface area contributed by atoms with Gasteiger partial charge >= 0.3 is 5.97 Å². The van der Waals surface area contributed by atoms with Gasteiger partial charge in [-0.3, -0.25) is 4.79 Å². The van der Waals surface area contributed by atoms with Crippen molar-refractivity contribution in [1.82, 2.24) is 19.4 Å². The van der Waals surface area contributed by atoms with Gasteiger partial charge in [0.2, 0.25) is 6.79 Å². The largest absolute Gasteiger partial charge is 0.478 e. The molecule has 0 spiro atoms. The van der Waals surface area contributed by atoms with Crippen LogP contribution in [0.1, 0.15) is 78.2 Å². The molecular weight excluding hydrogens is 580 g/mol. The fraction of sp³-hybridized carbons (Fsp3) is 0.324. The molecule has 1 aliphatic heterocycles. The van der Waals surface area contributed by atoms with Crippen LogP contribution in [0.15, 0.2) is 60.7 Å². The first kappa shape index (κ1) is 28.4. The van der Waals surface area contributed by atoms with Gasteiger partial charge in [0.25, 0.3) is 5.91 Å². The molecule has 2 aliphatic carbocycles. The van der Waals surface area contributed by atoms with E-state index in [1.807, 2.05) is 48.0 Å². The van der Waals surface area contributed by atoms with Crippen LogP contribution in [0.2, 0.25) is 0 Å². The van der Waals surface area contributed by atoms with Gasteiger partial charge in [-0.2, -0.15) is 0 Å². The van der Waals surface area contributed by atoms with Crippen LogP contribution >= 0.6 is 0 Å². The second-order valence-electron chi connectivity index (χ2n) is 12.9. The molecule has 2 fully saturated rings. The first-order chi connectivity index (χ1) is 22.3. The molecule has 3 heterocycles. The van der Waals surface area contributed by atoms with E-state index in [0.717, 1.165) is 83.2 Å². The molecule has 2 aromatic heterocycles. The topological polar surface area (TPSA) is 108 Å². The molecule has 9 heteroatoms. The third-order valence-electron chi connectivity index (χ3n) is 10.2. The summed E-state index contributed by atoms with van der Waals surface area (Å²) in [5.74, 6) is 1.71. The summed E-state index contributed by atoms with van der Waals surface area (Å²) in [6.45, 7) is 0.239. The Balaban J connectivity index is 1.15. The molecule has 2 N–H and O–H groups in total. The molecule has 0 unspecified atom stereocenters. The monoisotopic (exact) mass is 616 g/mol. The second kappa shape index (κ2) is 10.8. The number of amides is 1. The van der Waals surface area contributed by atoms with Crippen LogP contribution in [0.5, 0.6) is 11.5 Å². The molecular formula is C37H36N4O5. The molecule has 0 saturated heterocycles. The predicted octanol–water partition coefficient (Wildman–Crippen LogP) is 7.03. The van der Waals surface area contributed by atoms with Crippen LogP contribution in [0.4, 0.5) is 0 Å². The van der Waals surface area contributed by atoms with Gasteiger partial charge in [0.1, 0.15) is 5.82 Å². The summed E-state index contributed by atoms with van der Waals surface area (Å²) in [6, 6.07) is 18.0. The number of fused-ring (bicyclic) bond motifs is 3. The number of ether oxygens (including phenoxy) is 2. The van der Waals surface area contributed by atoms with Crippen LogP contribution in [0, 0.1) is 0 Å². The number of aliphatic carboxylic acids is 1. The molecule has 1 amide bonds. The van der Waals surface area contributed by atoms with Crippen molar-refractivity contribution in [3.8, 4) is 22.8 Å². The number of rotatable bonds is 7. The maximum absolute atomic E-state index is 14.0. The maximum Gasteiger partial charge on any atom is 0.328 e. The Hall–Kier alpha value is -5.05. The number of nitrogens with one attached hydrogen (secondary N) is 1. The zero-order valence-electron chi connectivity index (χ0n) is 26.0. The molecule has 0 bridgehead atoms. The minimum atomic E-state index is -0.991. The molecule has 0 radical (unpaired) electrons. The number of nitrogens with zero attached hydrogens (tertiary/aromatic N) is 3. The summed E-state index contributed by atoms with van der Waals surface area (Å²) in [6.07, 6.45) is 10.1. The van der Waals surface area contributed by atoms with Crippen molar-refractivity contribution in [1.29, 1.82) is 0 Å². The van der Waals surface area contributed by atoms with Crippen molar-refractivity contribution < 1.29 is 24.2 Å². The number of aromatic nitrogens is 3. The van der Waals surface area contributed by atoms with Gasteiger partial charge < -0.3 is 29.0 Å². The van der Waals surface area contributed by atoms with Gasteiger partial charge in [0, 0.05) is 42.2 Å². The van der Waals surface area contributed by atoms with E-state index < -0.39 is 11.5 Å². The minimum Gasteiger partial charge on any atom is -0.478 e. The van der Waals surface area contributed by atoms with Crippen molar-refractivity contribution in [2.75, 3.05) is 6.79 Å². The van der Waals surface area contributed by atoms with Gasteiger partial charge in [-0.25, -0.2) is 9.78 Å². The van der Waals surface area contributed by atoms with Crippen molar-refractivity contribution in [2.45, 2.75) is 56.4 Å². The van der Waals surface area contributed by atoms with Gasteiger partial charge in [-0.1, -0.05) is 25.0 Å². The Morgan fingerprint density at radius 1 is 0.935 bits per heavy atom. The zero-order valence-corrected chi connectivity index (χ0v) is 26.0.